The second-order valence-electron chi connectivity index (χ2n) is 7.22. The maximum Gasteiger partial charge on any atom is 0.416 e. The molecule has 0 aliphatic heterocycles. The van der Waals surface area contributed by atoms with E-state index < -0.39 is 43.8 Å². The first kappa shape index (κ1) is 25.4. The smallest absolute Gasteiger partial charge is 0.416 e. The van der Waals surface area contributed by atoms with Crippen LogP contribution in [0.25, 0.3) is 11.1 Å². The van der Waals surface area contributed by atoms with Crippen LogP contribution in [-0.4, -0.2) is 39.7 Å². The summed E-state index contributed by atoms with van der Waals surface area (Å²) in [5, 5.41) is -0.171. The first-order valence-electron chi connectivity index (χ1n) is 9.43. The Morgan fingerprint density at radius 3 is 2.35 bits per heavy atom. The van der Waals surface area contributed by atoms with Crippen LogP contribution >= 0.6 is 11.6 Å². The molecule has 0 N–H and O–H groups in total. The quantitative estimate of drug-likeness (QED) is 0.342. The molecule has 34 heavy (non-hydrogen) atoms. The number of carbonyl (C=O) groups is 1. The Morgan fingerprint density at radius 2 is 1.76 bits per heavy atom. The molecule has 1 heterocycles. The van der Waals surface area contributed by atoms with Crippen LogP contribution in [0.15, 0.2) is 53.6 Å². The van der Waals surface area contributed by atoms with Crippen LogP contribution in [0.3, 0.4) is 0 Å². The number of methoxy groups -OCH3 is 1. The summed E-state index contributed by atoms with van der Waals surface area (Å²) in [6, 6.07) is 6.98. The zero-order valence-electron chi connectivity index (χ0n) is 17.9. The number of hydrogen-bond donors (Lipinski definition) is 0. The fraction of sp³-hybridized carbons (Fsp3) is 0.182. The van der Waals surface area contributed by atoms with Gasteiger partial charge in [0, 0.05) is 42.3 Å². The monoisotopic (exact) mass is 516 g/mol. The topological polar surface area (TPSA) is 76.6 Å². The Hall–Kier alpha value is -3.18. The zero-order valence-corrected chi connectivity index (χ0v) is 19.5. The van der Waals surface area contributed by atoms with Gasteiger partial charge in [-0.1, -0.05) is 11.6 Å². The largest absolute Gasteiger partial charge is 0.496 e. The number of nitrogens with zero attached hydrogens (tertiary/aromatic N) is 2. The van der Waals surface area contributed by atoms with Gasteiger partial charge in [0.15, 0.2) is 15.0 Å². The normalized spacial score (nSPS) is 11.9. The van der Waals surface area contributed by atoms with Crippen LogP contribution in [0, 0.1) is 5.82 Å². The fourth-order valence-electron chi connectivity index (χ4n) is 3.25. The molecule has 2 aromatic carbocycles. The Labute approximate surface area is 197 Å². The third kappa shape index (κ3) is 5.15. The van der Waals surface area contributed by atoms with Crippen molar-refractivity contribution in [1.29, 1.82) is 0 Å². The third-order valence-electron chi connectivity index (χ3n) is 4.88. The summed E-state index contributed by atoms with van der Waals surface area (Å²) < 4.78 is 83.0. The molecule has 0 spiro atoms. The van der Waals surface area contributed by atoms with Gasteiger partial charge in [0.2, 0.25) is 0 Å². The van der Waals surface area contributed by atoms with Crippen LogP contribution in [0.4, 0.5) is 23.2 Å². The van der Waals surface area contributed by atoms with Gasteiger partial charge < -0.3 is 9.64 Å². The van der Waals surface area contributed by atoms with Gasteiger partial charge in [-0.15, -0.1) is 0 Å². The summed E-state index contributed by atoms with van der Waals surface area (Å²) in [4.78, 5) is 17.4. The van der Waals surface area contributed by atoms with Gasteiger partial charge in [0.25, 0.3) is 5.91 Å². The van der Waals surface area contributed by atoms with E-state index in [2.05, 4.69) is 4.98 Å². The highest BCUT2D eigenvalue weighted by Gasteiger charge is 2.33. The molecule has 0 bridgehead atoms. The highest BCUT2D eigenvalue weighted by molar-refractivity contribution is 7.90. The number of rotatable bonds is 5. The molecule has 0 fully saturated rings. The number of benzene rings is 2. The molecule has 0 atom stereocenters. The number of carbonyl (C=O) groups excluding carboxylic acids is 1. The van der Waals surface area contributed by atoms with Gasteiger partial charge in [-0.3, -0.25) is 4.79 Å². The first-order chi connectivity index (χ1) is 15.7. The van der Waals surface area contributed by atoms with E-state index in [0.717, 1.165) is 29.4 Å². The number of anilines is 1. The number of hydrogen-bond acceptors (Lipinski definition) is 5. The lowest BCUT2D eigenvalue weighted by Crippen LogP contribution is -2.28. The number of aromatic nitrogens is 1. The third-order valence-corrected chi connectivity index (χ3v) is 6.25. The van der Waals surface area contributed by atoms with E-state index in [1.807, 2.05) is 0 Å². The Kier molecular flexibility index (Phi) is 6.90. The summed E-state index contributed by atoms with van der Waals surface area (Å²) in [7, 11) is -1.51. The molecule has 0 radical (unpaired) electrons. The minimum atomic E-state index is -4.90. The second kappa shape index (κ2) is 9.22. The van der Waals surface area contributed by atoms with Gasteiger partial charge in [0.1, 0.15) is 11.6 Å². The van der Waals surface area contributed by atoms with Crippen LogP contribution in [0.1, 0.15) is 15.9 Å². The van der Waals surface area contributed by atoms with E-state index >= 15 is 0 Å². The highest BCUT2D eigenvalue weighted by atomic mass is 35.5. The van der Waals surface area contributed by atoms with Crippen molar-refractivity contribution >= 4 is 33.0 Å². The van der Waals surface area contributed by atoms with Crippen LogP contribution < -0.4 is 9.64 Å². The first-order valence-corrected chi connectivity index (χ1v) is 11.7. The van der Waals surface area contributed by atoms with Crippen LogP contribution in [-0.2, 0) is 16.0 Å². The van der Waals surface area contributed by atoms with Gasteiger partial charge in [0.05, 0.1) is 23.3 Å². The molecule has 0 saturated carbocycles. The SMILES string of the molecule is COc1cc(F)ccc1-c1ccnc(Cl)c1N(C)C(=O)c1cc(C(F)(F)F)cc(S(C)(=O)=O)c1. The van der Waals surface area contributed by atoms with Gasteiger partial charge in [-0.05, 0) is 36.4 Å². The van der Waals surface area contributed by atoms with Crippen molar-refractivity contribution in [1.82, 2.24) is 4.98 Å². The van der Waals surface area contributed by atoms with Crippen molar-refractivity contribution in [2.24, 2.45) is 0 Å². The van der Waals surface area contributed by atoms with E-state index in [-0.39, 0.29) is 22.2 Å². The number of amides is 1. The van der Waals surface area contributed by atoms with Crippen LogP contribution in [0.2, 0.25) is 5.15 Å². The molecule has 1 amide bonds. The molecule has 0 aliphatic carbocycles. The summed E-state index contributed by atoms with van der Waals surface area (Å²) in [5.74, 6) is -1.44. The van der Waals surface area contributed by atoms with Crippen molar-refractivity contribution in [3.8, 4) is 16.9 Å². The number of pyridine rings is 1. The molecular weight excluding hydrogens is 500 g/mol. The Balaban J connectivity index is 2.19. The summed E-state index contributed by atoms with van der Waals surface area (Å²) in [6.07, 6.45) is -2.83. The average molecular weight is 517 g/mol. The Bertz CT molecular complexity index is 1380. The lowest BCUT2D eigenvalue weighted by molar-refractivity contribution is -0.137. The minimum Gasteiger partial charge on any atom is -0.496 e. The number of alkyl halides is 3. The zero-order chi connectivity index (χ0) is 25.4. The lowest BCUT2D eigenvalue weighted by Gasteiger charge is -2.23. The number of halogens is 5. The molecule has 1 aromatic heterocycles. The molecule has 6 nitrogen and oxygen atoms in total. The van der Waals surface area contributed by atoms with Crippen molar-refractivity contribution < 1.29 is 35.5 Å². The van der Waals surface area contributed by atoms with E-state index in [4.69, 9.17) is 16.3 Å². The molecule has 3 aromatic rings. The van der Waals surface area contributed by atoms with Crippen molar-refractivity contribution in [2.45, 2.75) is 11.1 Å². The maximum atomic E-state index is 13.7. The maximum absolute atomic E-state index is 13.7. The van der Waals surface area contributed by atoms with Gasteiger partial charge in [-0.2, -0.15) is 13.2 Å². The molecule has 12 heteroatoms. The molecule has 180 valence electrons. The van der Waals surface area contributed by atoms with Gasteiger partial charge >= 0.3 is 6.18 Å². The number of sulfone groups is 1. The second-order valence-corrected chi connectivity index (χ2v) is 9.60. The lowest BCUT2D eigenvalue weighted by atomic mass is 10.0. The highest BCUT2D eigenvalue weighted by Crippen LogP contribution is 2.40. The van der Waals surface area contributed by atoms with E-state index in [1.165, 1.54) is 32.5 Å². The minimum absolute atomic E-state index is 0.00241. The summed E-state index contributed by atoms with van der Waals surface area (Å²) in [5.41, 5.74) is -1.22. The Morgan fingerprint density at radius 1 is 1.09 bits per heavy atom. The standard InChI is InChI=1S/C22H17ClF4N2O4S/c1-29(21(30)12-8-13(22(25,26)27)10-15(9-12)34(3,31)32)19-17(6-7-28-20(19)23)16-5-4-14(24)11-18(16)33-2/h4-11H,1-3H3. The average Bonchev–Trinajstić information content (AvgIpc) is 2.76. The van der Waals surface area contributed by atoms with E-state index in [0.29, 0.717) is 17.7 Å². The molecule has 0 aliphatic rings. The molecule has 0 saturated heterocycles. The fourth-order valence-corrected chi connectivity index (χ4v) is 4.21. The summed E-state index contributed by atoms with van der Waals surface area (Å²) >= 11 is 6.24. The summed E-state index contributed by atoms with van der Waals surface area (Å²) in [6.45, 7) is 0. The predicted molar refractivity (Wildman–Crippen MR) is 118 cm³/mol. The van der Waals surface area contributed by atoms with Crippen LogP contribution in [0.5, 0.6) is 5.75 Å². The van der Waals surface area contributed by atoms with Crippen molar-refractivity contribution in [2.75, 3.05) is 25.3 Å². The van der Waals surface area contributed by atoms with Crippen molar-refractivity contribution in [3.63, 3.8) is 0 Å². The molecular formula is C22H17ClF4N2O4S. The molecule has 0 unspecified atom stereocenters. The van der Waals surface area contributed by atoms with Crippen molar-refractivity contribution in [3.05, 3.63) is 70.8 Å². The number of ether oxygens (including phenoxy) is 1. The van der Waals surface area contributed by atoms with E-state index in [1.54, 1.807) is 0 Å². The predicted octanol–water partition coefficient (Wildman–Crippen LogP) is 5.25. The molecule has 3 rings (SSSR count). The van der Waals surface area contributed by atoms with E-state index in [9.17, 15) is 30.8 Å². The van der Waals surface area contributed by atoms with Gasteiger partial charge in [-0.25, -0.2) is 17.8 Å².